The molecule has 1 heterocycles. The molecule has 7 heteroatoms. The van der Waals surface area contributed by atoms with Gasteiger partial charge < -0.3 is 0 Å². The summed E-state index contributed by atoms with van der Waals surface area (Å²) in [6.07, 6.45) is 0. The molecule has 0 aliphatic carbocycles. The summed E-state index contributed by atoms with van der Waals surface area (Å²) in [6.45, 7) is 0. The van der Waals surface area contributed by atoms with Gasteiger partial charge in [-0.25, -0.2) is 4.98 Å². The standard InChI is InChI=1S/C18H11ClN4O2/c19-13-6-4-11(5-7-13)17-9-15(16(10-20)18(21)22-17)12-2-1-3-14(8-12)23(24)25/h1-9H,(H2,21,22)/p+1. The van der Waals surface area contributed by atoms with Crippen molar-refractivity contribution in [2.24, 2.45) is 0 Å². The number of nitrogen functional groups attached to an aromatic ring is 1. The van der Waals surface area contributed by atoms with Crippen LogP contribution in [0.3, 0.4) is 0 Å². The lowest BCUT2D eigenvalue weighted by molar-refractivity contribution is -0.384. The smallest absolute Gasteiger partial charge is 0.286 e. The highest BCUT2D eigenvalue weighted by Gasteiger charge is 2.18. The van der Waals surface area contributed by atoms with Crippen molar-refractivity contribution in [2.75, 3.05) is 5.73 Å². The zero-order valence-electron chi connectivity index (χ0n) is 12.9. The van der Waals surface area contributed by atoms with Crippen LogP contribution in [0.5, 0.6) is 0 Å². The first kappa shape index (κ1) is 16.4. The fourth-order valence-corrected chi connectivity index (χ4v) is 2.65. The van der Waals surface area contributed by atoms with Gasteiger partial charge in [-0.3, -0.25) is 15.8 Å². The molecule has 3 N–H and O–H groups in total. The predicted molar refractivity (Wildman–Crippen MR) is 94.7 cm³/mol. The fourth-order valence-electron chi connectivity index (χ4n) is 2.53. The maximum atomic E-state index is 11.0. The van der Waals surface area contributed by atoms with E-state index in [0.717, 1.165) is 5.56 Å². The van der Waals surface area contributed by atoms with Gasteiger partial charge in [0.15, 0.2) is 0 Å². The zero-order chi connectivity index (χ0) is 18.0. The molecule has 0 fully saturated rings. The van der Waals surface area contributed by atoms with Crippen molar-refractivity contribution in [1.82, 2.24) is 0 Å². The third-order valence-corrected chi connectivity index (χ3v) is 3.98. The number of aromatic amines is 1. The summed E-state index contributed by atoms with van der Waals surface area (Å²) < 4.78 is 0. The molecule has 122 valence electrons. The number of pyridine rings is 1. The summed E-state index contributed by atoms with van der Waals surface area (Å²) >= 11 is 5.91. The molecule has 0 unspecified atom stereocenters. The Balaban J connectivity index is 2.21. The van der Waals surface area contributed by atoms with Crippen LogP contribution in [0.15, 0.2) is 54.6 Å². The van der Waals surface area contributed by atoms with Gasteiger partial charge >= 0.3 is 0 Å². The Kier molecular flexibility index (Phi) is 4.33. The number of nitrogens with zero attached hydrogens (tertiary/aromatic N) is 2. The molecule has 0 radical (unpaired) electrons. The van der Waals surface area contributed by atoms with Gasteiger partial charge in [0.2, 0.25) is 0 Å². The molecule has 0 saturated heterocycles. The van der Waals surface area contributed by atoms with E-state index in [1.165, 1.54) is 12.1 Å². The molecule has 0 atom stereocenters. The molecule has 1 aromatic heterocycles. The van der Waals surface area contributed by atoms with Crippen LogP contribution in [0.25, 0.3) is 22.4 Å². The first-order valence-corrected chi connectivity index (χ1v) is 7.64. The molecule has 0 aliphatic rings. The second kappa shape index (κ2) is 6.59. The number of anilines is 1. The van der Waals surface area contributed by atoms with Gasteiger partial charge in [0, 0.05) is 28.3 Å². The number of nitro benzene ring substituents is 1. The van der Waals surface area contributed by atoms with E-state index in [1.807, 2.05) is 12.1 Å². The van der Waals surface area contributed by atoms with Crippen LogP contribution in [0, 0.1) is 21.4 Å². The Labute approximate surface area is 148 Å². The molecular formula is C18H12ClN4O2+. The Morgan fingerprint density at radius 3 is 2.48 bits per heavy atom. The van der Waals surface area contributed by atoms with Gasteiger partial charge in [-0.1, -0.05) is 23.7 Å². The second-order valence-corrected chi connectivity index (χ2v) is 5.75. The molecule has 0 amide bonds. The predicted octanol–water partition coefficient (Wildman–Crippen LogP) is 3.85. The molecule has 6 nitrogen and oxygen atoms in total. The molecule has 2 aromatic carbocycles. The molecule has 3 rings (SSSR count). The average molecular weight is 352 g/mol. The monoisotopic (exact) mass is 351 g/mol. The number of rotatable bonds is 3. The normalized spacial score (nSPS) is 10.2. The molecular weight excluding hydrogens is 340 g/mol. The lowest BCUT2D eigenvalue weighted by Gasteiger charge is -2.07. The summed E-state index contributed by atoms with van der Waals surface area (Å²) in [6, 6.07) is 17.0. The molecule has 0 spiro atoms. The van der Waals surface area contributed by atoms with Crippen LogP contribution >= 0.6 is 11.6 Å². The number of nitriles is 1. The summed E-state index contributed by atoms with van der Waals surface area (Å²) in [7, 11) is 0. The van der Waals surface area contributed by atoms with Gasteiger partial charge in [-0.15, -0.1) is 0 Å². The van der Waals surface area contributed by atoms with Crippen LogP contribution in [0.4, 0.5) is 11.5 Å². The Morgan fingerprint density at radius 1 is 1.12 bits per heavy atom. The van der Waals surface area contributed by atoms with E-state index in [4.69, 9.17) is 17.3 Å². The highest BCUT2D eigenvalue weighted by Crippen LogP contribution is 2.31. The van der Waals surface area contributed by atoms with Gasteiger partial charge in [0.05, 0.1) is 4.92 Å². The largest absolute Gasteiger partial charge is 0.289 e. The van der Waals surface area contributed by atoms with Crippen molar-refractivity contribution in [3.63, 3.8) is 0 Å². The fraction of sp³-hybridized carbons (Fsp3) is 0. The van der Waals surface area contributed by atoms with Gasteiger partial charge in [0.1, 0.15) is 17.3 Å². The molecule has 0 bridgehead atoms. The quantitative estimate of drug-likeness (QED) is 0.571. The van der Waals surface area contributed by atoms with Crippen LogP contribution in [-0.2, 0) is 0 Å². The summed E-state index contributed by atoms with van der Waals surface area (Å²) in [5, 5.41) is 21.1. The minimum absolute atomic E-state index is 0.0548. The van der Waals surface area contributed by atoms with E-state index >= 15 is 0 Å². The number of nitro groups is 1. The number of hydrogen-bond donors (Lipinski definition) is 1. The summed E-state index contributed by atoms with van der Waals surface area (Å²) in [5.74, 6) is 0.191. The van der Waals surface area contributed by atoms with Crippen molar-refractivity contribution in [3.8, 4) is 28.5 Å². The van der Waals surface area contributed by atoms with Crippen molar-refractivity contribution >= 4 is 23.1 Å². The van der Waals surface area contributed by atoms with E-state index in [0.29, 0.717) is 21.8 Å². The second-order valence-electron chi connectivity index (χ2n) is 5.31. The van der Waals surface area contributed by atoms with Crippen LogP contribution in [0.2, 0.25) is 5.02 Å². The van der Waals surface area contributed by atoms with Gasteiger partial charge in [-0.2, -0.15) is 5.26 Å². The van der Waals surface area contributed by atoms with Crippen molar-refractivity contribution in [2.45, 2.75) is 0 Å². The Morgan fingerprint density at radius 2 is 1.84 bits per heavy atom. The van der Waals surface area contributed by atoms with Crippen LogP contribution in [-0.4, -0.2) is 4.92 Å². The Bertz CT molecular complexity index is 1010. The third kappa shape index (κ3) is 3.27. The van der Waals surface area contributed by atoms with E-state index in [-0.39, 0.29) is 17.1 Å². The average Bonchev–Trinajstić information content (AvgIpc) is 2.61. The molecule has 0 saturated carbocycles. The summed E-state index contributed by atoms with van der Waals surface area (Å²) in [4.78, 5) is 13.5. The zero-order valence-corrected chi connectivity index (χ0v) is 13.6. The Hall–Kier alpha value is -3.43. The first-order valence-electron chi connectivity index (χ1n) is 7.26. The highest BCUT2D eigenvalue weighted by molar-refractivity contribution is 6.30. The minimum Gasteiger partial charge on any atom is -0.286 e. The lowest BCUT2D eigenvalue weighted by atomic mass is 9.98. The maximum Gasteiger partial charge on any atom is 0.289 e. The molecule has 25 heavy (non-hydrogen) atoms. The molecule has 3 aromatic rings. The highest BCUT2D eigenvalue weighted by atomic mass is 35.5. The van der Waals surface area contributed by atoms with Crippen LogP contribution in [0.1, 0.15) is 5.56 Å². The number of hydrogen-bond acceptors (Lipinski definition) is 4. The van der Waals surface area contributed by atoms with E-state index in [9.17, 15) is 15.4 Å². The maximum absolute atomic E-state index is 11.0. The number of non-ortho nitro benzene ring substituents is 1. The van der Waals surface area contributed by atoms with Crippen molar-refractivity contribution in [3.05, 3.63) is 75.3 Å². The topological polar surface area (TPSA) is 107 Å². The number of aromatic nitrogens is 1. The lowest BCUT2D eigenvalue weighted by Crippen LogP contribution is -2.16. The van der Waals surface area contributed by atoms with E-state index < -0.39 is 4.92 Å². The number of nitrogens with one attached hydrogen (secondary N) is 1. The van der Waals surface area contributed by atoms with Gasteiger partial charge in [0.25, 0.3) is 11.5 Å². The minimum atomic E-state index is -0.478. The number of nitrogens with two attached hydrogens (primary N) is 1. The SMILES string of the molecule is N#Cc1c(-c2cccc([N+](=O)[O-])c2)cc(-c2ccc(Cl)cc2)[nH+]c1N. The molecule has 0 aliphatic heterocycles. The summed E-state index contributed by atoms with van der Waals surface area (Å²) in [5.41, 5.74) is 8.74. The first-order chi connectivity index (χ1) is 12.0. The van der Waals surface area contributed by atoms with Crippen molar-refractivity contribution in [1.29, 1.82) is 5.26 Å². The number of halogens is 1. The van der Waals surface area contributed by atoms with E-state index in [2.05, 4.69) is 11.1 Å². The number of benzene rings is 2. The van der Waals surface area contributed by atoms with Crippen LogP contribution < -0.4 is 10.7 Å². The third-order valence-electron chi connectivity index (χ3n) is 3.73. The van der Waals surface area contributed by atoms with Gasteiger partial charge in [-0.05, 0) is 35.9 Å². The number of H-pyrrole nitrogens is 1. The van der Waals surface area contributed by atoms with Crippen molar-refractivity contribution < 1.29 is 9.91 Å². The van der Waals surface area contributed by atoms with E-state index in [1.54, 1.807) is 30.3 Å².